The van der Waals surface area contributed by atoms with Gasteiger partial charge in [0.05, 0.1) is 6.54 Å². The predicted molar refractivity (Wildman–Crippen MR) is 111 cm³/mol. The van der Waals surface area contributed by atoms with E-state index in [0.29, 0.717) is 18.0 Å². The first-order valence-electron chi connectivity index (χ1n) is 9.05. The van der Waals surface area contributed by atoms with Gasteiger partial charge in [0.1, 0.15) is 0 Å². The maximum Gasteiger partial charge on any atom is 0.243 e. The average molecular weight is 387 g/mol. The molecule has 0 saturated heterocycles. The maximum atomic E-state index is 12.3. The van der Waals surface area contributed by atoms with Gasteiger partial charge in [-0.25, -0.2) is 0 Å². The van der Waals surface area contributed by atoms with Gasteiger partial charge in [0.15, 0.2) is 0 Å². The quantitative estimate of drug-likeness (QED) is 0.784. The Labute approximate surface area is 166 Å². The molecule has 0 radical (unpaired) electrons. The summed E-state index contributed by atoms with van der Waals surface area (Å²) in [6.45, 7) is 8.40. The van der Waals surface area contributed by atoms with E-state index in [9.17, 15) is 9.59 Å². The summed E-state index contributed by atoms with van der Waals surface area (Å²) >= 11 is 5.99. The number of nitrogens with zero attached hydrogens (tertiary/aromatic N) is 1. The van der Waals surface area contributed by atoms with Gasteiger partial charge >= 0.3 is 0 Å². The normalized spacial score (nSPS) is 11.1. The third-order valence-corrected chi connectivity index (χ3v) is 4.61. The third kappa shape index (κ3) is 6.72. The van der Waals surface area contributed by atoms with Gasteiger partial charge in [-0.05, 0) is 47.2 Å². The lowest BCUT2D eigenvalue weighted by Gasteiger charge is -2.21. The van der Waals surface area contributed by atoms with Crippen LogP contribution < -0.4 is 5.32 Å². The van der Waals surface area contributed by atoms with Crippen LogP contribution in [0.2, 0.25) is 5.02 Å². The highest BCUT2D eigenvalue weighted by atomic mass is 35.5. The summed E-state index contributed by atoms with van der Waals surface area (Å²) in [5, 5.41) is 3.52. The van der Waals surface area contributed by atoms with Crippen molar-refractivity contribution in [1.82, 2.24) is 4.90 Å². The summed E-state index contributed by atoms with van der Waals surface area (Å²) in [5.41, 5.74) is 3.03. The highest BCUT2D eigenvalue weighted by Gasteiger charge is 2.15. The van der Waals surface area contributed by atoms with Crippen molar-refractivity contribution >= 4 is 29.1 Å². The number of halogens is 1. The van der Waals surface area contributed by atoms with E-state index in [1.807, 2.05) is 48.5 Å². The zero-order valence-electron chi connectivity index (χ0n) is 16.4. The second-order valence-corrected chi connectivity index (χ2v) is 8.13. The molecule has 2 aromatic rings. The molecule has 0 aliphatic rings. The lowest BCUT2D eigenvalue weighted by atomic mass is 9.87. The molecule has 0 fully saturated rings. The second kappa shape index (κ2) is 9.05. The summed E-state index contributed by atoms with van der Waals surface area (Å²) in [6, 6.07) is 15.3. The average Bonchev–Trinajstić information content (AvgIpc) is 2.58. The molecule has 0 bridgehead atoms. The Morgan fingerprint density at radius 3 is 2.30 bits per heavy atom. The van der Waals surface area contributed by atoms with Gasteiger partial charge in [0.25, 0.3) is 0 Å². The summed E-state index contributed by atoms with van der Waals surface area (Å²) in [4.78, 5) is 25.8. The standard InChI is InChI=1S/C22H27ClN2O2/c1-16(26)25(13-12-17-6-5-7-19(23)14-17)15-21(27)24-20-10-8-18(9-11-20)22(2,3)4/h5-11,14H,12-13,15H2,1-4H3,(H,24,27). The van der Waals surface area contributed by atoms with Gasteiger partial charge in [0, 0.05) is 24.2 Å². The molecule has 2 amide bonds. The van der Waals surface area contributed by atoms with Crippen LogP contribution in [-0.4, -0.2) is 29.8 Å². The van der Waals surface area contributed by atoms with E-state index in [0.717, 1.165) is 11.3 Å². The van der Waals surface area contributed by atoms with Crippen LogP contribution in [0.3, 0.4) is 0 Å². The van der Waals surface area contributed by atoms with Gasteiger partial charge in [-0.2, -0.15) is 0 Å². The molecule has 2 rings (SSSR count). The molecule has 0 heterocycles. The van der Waals surface area contributed by atoms with E-state index in [2.05, 4.69) is 26.1 Å². The maximum absolute atomic E-state index is 12.3. The minimum absolute atomic E-state index is 0.0247. The van der Waals surface area contributed by atoms with Crippen molar-refractivity contribution in [2.45, 2.75) is 39.5 Å². The Bertz CT molecular complexity index is 795. The van der Waals surface area contributed by atoms with Gasteiger partial charge in [0.2, 0.25) is 11.8 Å². The second-order valence-electron chi connectivity index (χ2n) is 7.70. The Kier molecular flexibility index (Phi) is 7.03. The molecule has 0 aliphatic heterocycles. The van der Waals surface area contributed by atoms with Crippen LogP contribution in [0.1, 0.15) is 38.8 Å². The smallest absolute Gasteiger partial charge is 0.243 e. The Morgan fingerprint density at radius 1 is 1.07 bits per heavy atom. The van der Waals surface area contributed by atoms with Gasteiger partial charge in [-0.3, -0.25) is 9.59 Å². The van der Waals surface area contributed by atoms with Gasteiger partial charge < -0.3 is 10.2 Å². The molecule has 144 valence electrons. The molecule has 5 heteroatoms. The van der Waals surface area contributed by atoms with Crippen molar-refractivity contribution in [1.29, 1.82) is 0 Å². The zero-order valence-corrected chi connectivity index (χ0v) is 17.1. The molecule has 1 N–H and O–H groups in total. The number of carbonyl (C=O) groups is 2. The van der Waals surface area contributed by atoms with E-state index < -0.39 is 0 Å². The summed E-state index contributed by atoms with van der Waals surface area (Å²) in [7, 11) is 0. The molecule has 4 nitrogen and oxygen atoms in total. The number of hydrogen-bond acceptors (Lipinski definition) is 2. The number of benzene rings is 2. The molecule has 2 aromatic carbocycles. The highest BCUT2D eigenvalue weighted by Crippen LogP contribution is 2.23. The lowest BCUT2D eigenvalue weighted by molar-refractivity contribution is -0.132. The van der Waals surface area contributed by atoms with E-state index in [4.69, 9.17) is 11.6 Å². The van der Waals surface area contributed by atoms with E-state index >= 15 is 0 Å². The van der Waals surface area contributed by atoms with Crippen molar-refractivity contribution in [2.75, 3.05) is 18.4 Å². The number of amides is 2. The Hall–Kier alpha value is -2.33. The SMILES string of the molecule is CC(=O)N(CCc1cccc(Cl)c1)CC(=O)Nc1ccc(C(C)(C)C)cc1. The minimum atomic E-state index is -0.209. The Balaban J connectivity index is 1.93. The van der Waals surface area contributed by atoms with Crippen LogP contribution in [0.5, 0.6) is 0 Å². The Morgan fingerprint density at radius 2 is 1.74 bits per heavy atom. The number of rotatable bonds is 6. The molecule has 0 unspecified atom stereocenters. The van der Waals surface area contributed by atoms with E-state index in [-0.39, 0.29) is 23.8 Å². The highest BCUT2D eigenvalue weighted by molar-refractivity contribution is 6.30. The molecule has 0 atom stereocenters. The van der Waals surface area contributed by atoms with Crippen LogP contribution in [0.15, 0.2) is 48.5 Å². The van der Waals surface area contributed by atoms with Crippen LogP contribution in [0.4, 0.5) is 5.69 Å². The van der Waals surface area contributed by atoms with Crippen molar-refractivity contribution in [2.24, 2.45) is 0 Å². The fourth-order valence-corrected chi connectivity index (χ4v) is 2.94. The van der Waals surface area contributed by atoms with Gasteiger partial charge in [-0.15, -0.1) is 0 Å². The topological polar surface area (TPSA) is 49.4 Å². The largest absolute Gasteiger partial charge is 0.333 e. The number of anilines is 1. The molecule has 0 aliphatic carbocycles. The lowest BCUT2D eigenvalue weighted by Crippen LogP contribution is -2.38. The van der Waals surface area contributed by atoms with Crippen molar-refractivity contribution in [3.63, 3.8) is 0 Å². The summed E-state index contributed by atoms with van der Waals surface area (Å²) in [6.07, 6.45) is 0.647. The van der Waals surface area contributed by atoms with E-state index in [1.54, 1.807) is 4.90 Å². The predicted octanol–water partition coefficient (Wildman–Crippen LogP) is 4.67. The minimum Gasteiger partial charge on any atom is -0.333 e. The first kappa shape index (κ1) is 21.0. The summed E-state index contributed by atoms with van der Waals surface area (Å²) < 4.78 is 0. The fourth-order valence-electron chi connectivity index (χ4n) is 2.73. The molecule has 0 aromatic heterocycles. The van der Waals surface area contributed by atoms with Crippen molar-refractivity contribution in [3.8, 4) is 0 Å². The molecular weight excluding hydrogens is 360 g/mol. The van der Waals surface area contributed by atoms with Crippen molar-refractivity contribution < 1.29 is 9.59 Å². The monoisotopic (exact) mass is 386 g/mol. The molecule has 0 spiro atoms. The van der Waals surface area contributed by atoms with Crippen molar-refractivity contribution in [3.05, 3.63) is 64.7 Å². The van der Waals surface area contributed by atoms with E-state index in [1.165, 1.54) is 12.5 Å². The molecule has 0 saturated carbocycles. The zero-order chi connectivity index (χ0) is 20.0. The van der Waals surface area contributed by atoms with Crippen LogP contribution in [0.25, 0.3) is 0 Å². The van der Waals surface area contributed by atoms with Crippen LogP contribution in [-0.2, 0) is 21.4 Å². The number of nitrogens with one attached hydrogen (secondary N) is 1. The van der Waals surface area contributed by atoms with Gasteiger partial charge in [-0.1, -0.05) is 56.6 Å². The number of hydrogen-bond donors (Lipinski definition) is 1. The summed E-state index contributed by atoms with van der Waals surface area (Å²) in [5.74, 6) is -0.338. The first-order chi connectivity index (χ1) is 12.6. The third-order valence-electron chi connectivity index (χ3n) is 4.37. The fraction of sp³-hybridized carbons (Fsp3) is 0.364. The first-order valence-corrected chi connectivity index (χ1v) is 9.43. The number of carbonyl (C=O) groups excluding carboxylic acids is 2. The molecular formula is C22H27ClN2O2. The van der Waals surface area contributed by atoms with Crippen LogP contribution >= 0.6 is 11.6 Å². The van der Waals surface area contributed by atoms with Crippen LogP contribution in [0, 0.1) is 0 Å². The molecule has 27 heavy (non-hydrogen) atoms.